The molecule has 0 saturated heterocycles. The molecule has 78 valence electrons. The van der Waals surface area contributed by atoms with Crippen molar-refractivity contribution in [2.75, 3.05) is 6.54 Å². The first-order valence-electron chi connectivity index (χ1n) is 5.32. The minimum absolute atomic E-state index is 0.613. The lowest BCUT2D eigenvalue weighted by Crippen LogP contribution is -2.08. The molecule has 4 N–H and O–H groups in total. The third kappa shape index (κ3) is 2.82. The molecule has 14 heavy (non-hydrogen) atoms. The zero-order valence-electron chi connectivity index (χ0n) is 8.92. The van der Waals surface area contributed by atoms with Crippen LogP contribution in [0.3, 0.4) is 0 Å². The number of benzene rings is 1. The molecule has 0 amide bonds. The van der Waals surface area contributed by atoms with E-state index in [1.165, 1.54) is 23.1 Å². The third-order valence-electron chi connectivity index (χ3n) is 2.44. The monoisotopic (exact) mass is 192 g/mol. The quantitative estimate of drug-likeness (QED) is 0.744. The van der Waals surface area contributed by atoms with Gasteiger partial charge < -0.3 is 11.5 Å². The molecular formula is C12H20N2. The highest BCUT2D eigenvalue weighted by atomic mass is 14.5. The summed E-state index contributed by atoms with van der Waals surface area (Å²) in [5.74, 6) is 0. The van der Waals surface area contributed by atoms with Crippen LogP contribution in [0.25, 0.3) is 0 Å². The molecule has 2 nitrogen and oxygen atoms in total. The van der Waals surface area contributed by atoms with E-state index in [2.05, 4.69) is 25.1 Å². The van der Waals surface area contributed by atoms with E-state index in [1.54, 1.807) is 0 Å². The summed E-state index contributed by atoms with van der Waals surface area (Å²) in [4.78, 5) is 0. The second-order valence-corrected chi connectivity index (χ2v) is 3.60. The van der Waals surface area contributed by atoms with E-state index in [4.69, 9.17) is 11.5 Å². The molecule has 0 saturated carbocycles. The van der Waals surface area contributed by atoms with Gasteiger partial charge in [-0.25, -0.2) is 0 Å². The van der Waals surface area contributed by atoms with Gasteiger partial charge in [0.2, 0.25) is 0 Å². The zero-order valence-corrected chi connectivity index (χ0v) is 8.92. The number of hydrogen-bond acceptors (Lipinski definition) is 2. The smallest absolute Gasteiger partial charge is 0.0180 e. The van der Waals surface area contributed by atoms with E-state index in [-0.39, 0.29) is 0 Å². The molecule has 1 rings (SSSR count). The van der Waals surface area contributed by atoms with Crippen LogP contribution in [-0.4, -0.2) is 6.54 Å². The van der Waals surface area contributed by atoms with Crippen molar-refractivity contribution in [1.82, 2.24) is 0 Å². The van der Waals surface area contributed by atoms with Crippen molar-refractivity contribution < 1.29 is 0 Å². The Morgan fingerprint density at radius 1 is 1.07 bits per heavy atom. The first-order chi connectivity index (χ1) is 6.81. The van der Waals surface area contributed by atoms with Crippen LogP contribution < -0.4 is 11.5 Å². The molecule has 0 heterocycles. The van der Waals surface area contributed by atoms with Crippen LogP contribution in [0.1, 0.15) is 30.0 Å². The molecule has 0 spiro atoms. The Morgan fingerprint density at radius 3 is 2.43 bits per heavy atom. The molecular weight excluding hydrogens is 172 g/mol. The Morgan fingerprint density at radius 2 is 1.86 bits per heavy atom. The molecule has 0 aliphatic rings. The SMILES string of the molecule is CCCc1ccc(CN)c(CCN)c1. The molecule has 2 heteroatoms. The van der Waals surface area contributed by atoms with Crippen molar-refractivity contribution in [1.29, 1.82) is 0 Å². The van der Waals surface area contributed by atoms with Crippen LogP contribution in [-0.2, 0) is 19.4 Å². The second kappa shape index (κ2) is 5.78. The van der Waals surface area contributed by atoms with E-state index in [1.807, 2.05) is 0 Å². The van der Waals surface area contributed by atoms with Crippen LogP contribution in [0.15, 0.2) is 18.2 Å². The lowest BCUT2D eigenvalue weighted by Gasteiger charge is -2.09. The van der Waals surface area contributed by atoms with Crippen molar-refractivity contribution in [2.24, 2.45) is 11.5 Å². The van der Waals surface area contributed by atoms with Crippen molar-refractivity contribution in [3.63, 3.8) is 0 Å². The van der Waals surface area contributed by atoms with Crippen molar-refractivity contribution in [3.8, 4) is 0 Å². The molecule has 0 fully saturated rings. The maximum Gasteiger partial charge on any atom is 0.0180 e. The molecule has 0 aliphatic heterocycles. The predicted octanol–water partition coefficient (Wildman–Crippen LogP) is 1.60. The van der Waals surface area contributed by atoms with Gasteiger partial charge in [0, 0.05) is 6.54 Å². The fraction of sp³-hybridized carbons (Fsp3) is 0.500. The fourth-order valence-corrected chi connectivity index (χ4v) is 1.71. The first kappa shape index (κ1) is 11.2. The van der Waals surface area contributed by atoms with Gasteiger partial charge in [-0.1, -0.05) is 31.5 Å². The van der Waals surface area contributed by atoms with Gasteiger partial charge in [0.05, 0.1) is 0 Å². The Hall–Kier alpha value is -0.860. The molecule has 0 atom stereocenters. The largest absolute Gasteiger partial charge is 0.330 e. The number of hydrogen-bond donors (Lipinski definition) is 2. The molecule has 0 bridgehead atoms. The summed E-state index contributed by atoms with van der Waals surface area (Å²) in [6.45, 7) is 3.50. The summed E-state index contributed by atoms with van der Waals surface area (Å²) >= 11 is 0. The van der Waals surface area contributed by atoms with Gasteiger partial charge in [-0.05, 0) is 36.1 Å². The first-order valence-corrected chi connectivity index (χ1v) is 5.32. The number of rotatable bonds is 5. The fourth-order valence-electron chi connectivity index (χ4n) is 1.71. The van der Waals surface area contributed by atoms with Crippen LogP contribution in [0.4, 0.5) is 0 Å². The van der Waals surface area contributed by atoms with Crippen molar-refractivity contribution in [3.05, 3.63) is 34.9 Å². The second-order valence-electron chi connectivity index (χ2n) is 3.60. The lowest BCUT2D eigenvalue weighted by atomic mass is 9.99. The van der Waals surface area contributed by atoms with Gasteiger partial charge in [0.25, 0.3) is 0 Å². The molecule has 0 aromatic heterocycles. The van der Waals surface area contributed by atoms with Gasteiger partial charge in [0.15, 0.2) is 0 Å². The topological polar surface area (TPSA) is 52.0 Å². The Bertz CT molecular complexity index is 282. The highest BCUT2D eigenvalue weighted by Gasteiger charge is 2.01. The molecule has 0 radical (unpaired) electrons. The molecule has 1 aromatic rings. The minimum atomic E-state index is 0.613. The summed E-state index contributed by atoms with van der Waals surface area (Å²) in [5, 5.41) is 0. The van der Waals surface area contributed by atoms with Gasteiger partial charge in [-0.2, -0.15) is 0 Å². The van der Waals surface area contributed by atoms with Crippen LogP contribution >= 0.6 is 0 Å². The normalized spacial score (nSPS) is 10.5. The standard InChI is InChI=1S/C12H20N2/c1-2-3-10-4-5-12(9-14)11(8-10)6-7-13/h4-5,8H,2-3,6-7,9,13-14H2,1H3. The Labute approximate surface area is 86.3 Å². The predicted molar refractivity (Wildman–Crippen MR) is 61.1 cm³/mol. The lowest BCUT2D eigenvalue weighted by molar-refractivity contribution is 0.893. The Balaban J connectivity index is 2.88. The highest BCUT2D eigenvalue weighted by Crippen LogP contribution is 2.13. The molecule has 1 aromatic carbocycles. The minimum Gasteiger partial charge on any atom is -0.330 e. The summed E-state index contributed by atoms with van der Waals surface area (Å²) in [5.41, 5.74) is 15.2. The van der Waals surface area contributed by atoms with Gasteiger partial charge in [0.1, 0.15) is 0 Å². The van der Waals surface area contributed by atoms with Crippen LogP contribution in [0, 0.1) is 0 Å². The van der Waals surface area contributed by atoms with E-state index in [0.717, 1.165) is 12.8 Å². The van der Waals surface area contributed by atoms with Crippen molar-refractivity contribution >= 4 is 0 Å². The average Bonchev–Trinajstić information content (AvgIpc) is 2.19. The van der Waals surface area contributed by atoms with Gasteiger partial charge in [-0.3, -0.25) is 0 Å². The van der Waals surface area contributed by atoms with E-state index < -0.39 is 0 Å². The summed E-state index contributed by atoms with van der Waals surface area (Å²) in [6.07, 6.45) is 3.26. The maximum atomic E-state index is 5.66. The Kier molecular flexibility index (Phi) is 4.63. The van der Waals surface area contributed by atoms with Gasteiger partial charge in [-0.15, -0.1) is 0 Å². The third-order valence-corrected chi connectivity index (χ3v) is 2.44. The van der Waals surface area contributed by atoms with E-state index in [0.29, 0.717) is 13.1 Å². The van der Waals surface area contributed by atoms with Crippen LogP contribution in [0.2, 0.25) is 0 Å². The zero-order chi connectivity index (χ0) is 10.4. The van der Waals surface area contributed by atoms with Crippen LogP contribution in [0.5, 0.6) is 0 Å². The van der Waals surface area contributed by atoms with E-state index >= 15 is 0 Å². The summed E-state index contributed by atoms with van der Waals surface area (Å²) in [6, 6.07) is 6.56. The number of nitrogens with two attached hydrogens (primary N) is 2. The molecule has 0 aliphatic carbocycles. The van der Waals surface area contributed by atoms with E-state index in [9.17, 15) is 0 Å². The van der Waals surface area contributed by atoms with Gasteiger partial charge >= 0.3 is 0 Å². The molecule has 0 unspecified atom stereocenters. The summed E-state index contributed by atoms with van der Waals surface area (Å²) in [7, 11) is 0. The average molecular weight is 192 g/mol. The summed E-state index contributed by atoms with van der Waals surface area (Å²) < 4.78 is 0. The highest BCUT2D eigenvalue weighted by molar-refractivity contribution is 5.32. The number of aryl methyl sites for hydroxylation is 1. The maximum absolute atomic E-state index is 5.66. The van der Waals surface area contributed by atoms with Crippen molar-refractivity contribution in [2.45, 2.75) is 32.7 Å².